The van der Waals surface area contributed by atoms with Crippen LogP contribution < -0.4 is 0 Å². The average molecular weight is 732 g/mol. The number of likely N-dealkylation sites (tertiary alicyclic amines) is 1. The van der Waals surface area contributed by atoms with Gasteiger partial charge in [0.2, 0.25) is 5.91 Å². The lowest BCUT2D eigenvalue weighted by molar-refractivity contribution is -0.149. The van der Waals surface area contributed by atoms with Crippen molar-refractivity contribution in [3.8, 4) is 0 Å². The van der Waals surface area contributed by atoms with E-state index in [4.69, 9.17) is 14.2 Å². The number of hydrogen-bond donors (Lipinski definition) is 0. The summed E-state index contributed by atoms with van der Waals surface area (Å²) in [6, 6.07) is 0.200. The van der Waals surface area contributed by atoms with Gasteiger partial charge in [0.05, 0.1) is 24.7 Å². The Hall–Kier alpha value is -1.63. The minimum atomic E-state index is -0.238. The number of epoxide rings is 1. The molecule has 302 valence electrons. The predicted octanol–water partition coefficient (Wildman–Crippen LogP) is 11.7. The fraction of sp³-hybridized carbons (Fsp3) is 0.933. The van der Waals surface area contributed by atoms with E-state index in [0.29, 0.717) is 37.1 Å². The van der Waals surface area contributed by atoms with E-state index in [-0.39, 0.29) is 35.9 Å². The van der Waals surface area contributed by atoms with Gasteiger partial charge in [-0.25, -0.2) is 0 Å². The van der Waals surface area contributed by atoms with Crippen LogP contribution in [0.3, 0.4) is 0 Å². The van der Waals surface area contributed by atoms with Crippen LogP contribution in [0.1, 0.15) is 214 Å². The van der Waals surface area contributed by atoms with E-state index in [1.54, 1.807) is 0 Å². The molecule has 1 amide bonds. The van der Waals surface area contributed by atoms with Crippen molar-refractivity contribution in [1.82, 2.24) is 4.90 Å². The van der Waals surface area contributed by atoms with Gasteiger partial charge < -0.3 is 19.1 Å². The largest absolute Gasteiger partial charge is 0.465 e. The van der Waals surface area contributed by atoms with Crippen LogP contribution >= 0.6 is 0 Å². The monoisotopic (exact) mass is 732 g/mol. The fourth-order valence-corrected chi connectivity index (χ4v) is 9.17. The van der Waals surface area contributed by atoms with Crippen LogP contribution in [0.25, 0.3) is 0 Å². The zero-order valence-corrected chi connectivity index (χ0v) is 34.4. The van der Waals surface area contributed by atoms with Gasteiger partial charge in [0.15, 0.2) is 0 Å². The van der Waals surface area contributed by atoms with Crippen molar-refractivity contribution in [2.45, 2.75) is 238 Å². The summed E-state index contributed by atoms with van der Waals surface area (Å²) in [4.78, 5) is 40.2. The molecule has 7 heteroatoms. The Morgan fingerprint density at radius 1 is 0.769 bits per heavy atom. The first-order valence-corrected chi connectivity index (χ1v) is 22.6. The molecule has 7 nitrogen and oxygen atoms in total. The Kier molecular flexibility index (Phi) is 23.3. The van der Waals surface area contributed by atoms with Crippen LogP contribution in [0, 0.1) is 17.8 Å². The molecule has 0 bridgehead atoms. The lowest BCUT2D eigenvalue weighted by atomic mass is 9.74. The number of esters is 2. The molecule has 3 rings (SSSR count). The molecule has 2 heterocycles. The summed E-state index contributed by atoms with van der Waals surface area (Å²) >= 11 is 0. The molecular formula is C45H81NO6. The first-order valence-electron chi connectivity index (χ1n) is 22.6. The summed E-state index contributed by atoms with van der Waals surface area (Å²) in [5.74, 6) is 0.729. The third-order valence-electron chi connectivity index (χ3n) is 12.5. The minimum Gasteiger partial charge on any atom is -0.465 e. The summed E-state index contributed by atoms with van der Waals surface area (Å²) in [5.41, 5.74) is 0. The van der Waals surface area contributed by atoms with Gasteiger partial charge in [-0.3, -0.25) is 14.4 Å². The average Bonchev–Trinajstić information content (AvgIpc) is 3.95. The molecule has 0 aromatic carbocycles. The lowest BCUT2D eigenvalue weighted by Crippen LogP contribution is -2.40. The van der Waals surface area contributed by atoms with Gasteiger partial charge in [-0.1, -0.05) is 124 Å². The van der Waals surface area contributed by atoms with E-state index >= 15 is 0 Å². The molecule has 2 aliphatic heterocycles. The van der Waals surface area contributed by atoms with Gasteiger partial charge in [-0.2, -0.15) is 0 Å². The maximum Gasteiger partial charge on any atom is 0.308 e. The molecule has 7 unspecified atom stereocenters. The van der Waals surface area contributed by atoms with Crippen LogP contribution in [-0.4, -0.2) is 60.3 Å². The van der Waals surface area contributed by atoms with E-state index < -0.39 is 0 Å². The maximum absolute atomic E-state index is 13.1. The molecule has 1 aliphatic carbocycles. The van der Waals surface area contributed by atoms with Gasteiger partial charge in [-0.15, -0.1) is 0 Å². The van der Waals surface area contributed by atoms with Gasteiger partial charge >= 0.3 is 11.9 Å². The van der Waals surface area contributed by atoms with Crippen LogP contribution in [-0.2, 0) is 28.6 Å². The van der Waals surface area contributed by atoms with Crippen LogP contribution in [0.5, 0.6) is 0 Å². The van der Waals surface area contributed by atoms with E-state index in [2.05, 4.69) is 18.7 Å². The van der Waals surface area contributed by atoms with Crippen molar-refractivity contribution < 1.29 is 28.6 Å². The molecule has 0 spiro atoms. The van der Waals surface area contributed by atoms with Gasteiger partial charge in [0, 0.05) is 25.9 Å². The molecular weight excluding hydrogens is 650 g/mol. The second-order valence-electron chi connectivity index (χ2n) is 17.0. The highest BCUT2D eigenvalue weighted by Gasteiger charge is 2.46. The maximum atomic E-state index is 13.1. The molecule has 0 N–H and O–H groups in total. The number of carbonyl (C=O) groups excluding carboxylic acids is 3. The van der Waals surface area contributed by atoms with Crippen molar-refractivity contribution in [1.29, 1.82) is 0 Å². The van der Waals surface area contributed by atoms with E-state index in [1.165, 1.54) is 96.8 Å². The zero-order valence-electron chi connectivity index (χ0n) is 34.4. The normalized spacial score (nSPS) is 22.6. The van der Waals surface area contributed by atoms with E-state index in [9.17, 15) is 14.4 Å². The molecule has 2 saturated heterocycles. The second kappa shape index (κ2) is 27.0. The number of ether oxygens (including phenoxy) is 3. The summed E-state index contributed by atoms with van der Waals surface area (Å²) in [7, 11) is 0. The number of rotatable bonds is 30. The zero-order chi connectivity index (χ0) is 37.4. The number of hydrogen-bond acceptors (Lipinski definition) is 6. The summed E-state index contributed by atoms with van der Waals surface area (Å²) in [6.45, 7) is 9.36. The van der Waals surface area contributed by atoms with Crippen LogP contribution in [0.4, 0.5) is 0 Å². The standard InChI is InChI=1S/C45H81NO6/c1-5-7-8-9-10-11-12-13-14-15-16-17-18-19-20-24-33-50-45(49)36(3)34-38(39-27-31-42-43(35-39)52-42)26-29-41(51-37(4)47)30-28-40(6-2)46-32-23-21-22-25-44(46)48/h36,38-43H,5-35H2,1-4H3. The highest BCUT2D eigenvalue weighted by atomic mass is 16.6. The van der Waals surface area contributed by atoms with Crippen molar-refractivity contribution >= 4 is 17.8 Å². The van der Waals surface area contributed by atoms with Gasteiger partial charge in [0.25, 0.3) is 0 Å². The Balaban J connectivity index is 1.33. The number of unbranched alkanes of at least 4 members (excludes halogenated alkanes) is 15. The molecule has 7 atom stereocenters. The van der Waals surface area contributed by atoms with Crippen molar-refractivity contribution in [3.63, 3.8) is 0 Å². The molecule has 3 aliphatic rings. The topological polar surface area (TPSA) is 85.4 Å². The number of amides is 1. The number of fused-ring (bicyclic) bond motifs is 1. The van der Waals surface area contributed by atoms with Gasteiger partial charge in [-0.05, 0) is 88.9 Å². The Morgan fingerprint density at radius 3 is 1.98 bits per heavy atom. The summed E-state index contributed by atoms with van der Waals surface area (Å²) in [5, 5.41) is 0. The Labute approximate surface area is 319 Å². The molecule has 3 fully saturated rings. The SMILES string of the molecule is CCCCCCCCCCCCCCCCCCOC(=O)C(C)CC(CCC(CCC(CC)N1CCCCCC1=O)OC(C)=O)C1CCC2OC2C1. The first-order chi connectivity index (χ1) is 25.3. The molecule has 0 aromatic heterocycles. The Bertz CT molecular complexity index is 971. The van der Waals surface area contributed by atoms with E-state index in [1.807, 2.05) is 6.92 Å². The van der Waals surface area contributed by atoms with Crippen LogP contribution in [0.2, 0.25) is 0 Å². The molecule has 1 saturated carbocycles. The quantitative estimate of drug-likeness (QED) is 0.0415. The highest BCUT2D eigenvalue weighted by molar-refractivity contribution is 5.76. The van der Waals surface area contributed by atoms with Crippen molar-refractivity contribution in [2.24, 2.45) is 17.8 Å². The highest BCUT2D eigenvalue weighted by Crippen LogP contribution is 2.45. The summed E-state index contributed by atoms with van der Waals surface area (Å²) in [6.07, 6.45) is 34.2. The predicted molar refractivity (Wildman–Crippen MR) is 212 cm³/mol. The van der Waals surface area contributed by atoms with Crippen LogP contribution in [0.15, 0.2) is 0 Å². The van der Waals surface area contributed by atoms with Gasteiger partial charge in [0.1, 0.15) is 6.10 Å². The molecule has 0 radical (unpaired) electrons. The van der Waals surface area contributed by atoms with Crippen molar-refractivity contribution in [3.05, 3.63) is 0 Å². The smallest absolute Gasteiger partial charge is 0.308 e. The molecule has 0 aromatic rings. The third-order valence-corrected chi connectivity index (χ3v) is 12.5. The Morgan fingerprint density at radius 2 is 1.38 bits per heavy atom. The summed E-state index contributed by atoms with van der Waals surface area (Å²) < 4.78 is 17.6. The number of nitrogens with zero attached hydrogens (tertiary/aromatic N) is 1. The minimum absolute atomic E-state index is 0.0632. The number of carbonyl (C=O) groups is 3. The lowest BCUT2D eigenvalue weighted by Gasteiger charge is -2.33. The molecule has 52 heavy (non-hydrogen) atoms. The van der Waals surface area contributed by atoms with Crippen molar-refractivity contribution in [2.75, 3.05) is 13.2 Å². The van der Waals surface area contributed by atoms with E-state index in [0.717, 1.165) is 96.4 Å². The first kappa shape index (κ1) is 44.8. The second-order valence-corrected chi connectivity index (χ2v) is 17.0. The fourth-order valence-electron chi connectivity index (χ4n) is 9.17. The third kappa shape index (κ3) is 18.6.